The molecule has 0 saturated heterocycles. The average Bonchev–Trinajstić information content (AvgIpc) is 2.51. The van der Waals surface area contributed by atoms with Crippen LogP contribution in [-0.4, -0.2) is 50.0 Å². The molecule has 7 nitrogen and oxygen atoms in total. The Hall–Kier alpha value is -1.48. The van der Waals surface area contributed by atoms with Crippen LogP contribution in [0.3, 0.4) is 0 Å². The summed E-state index contributed by atoms with van der Waals surface area (Å²) < 4.78 is 31.0. The number of aliphatic hydroxyl groups excluding tert-OH is 2. The lowest BCUT2D eigenvalue weighted by Gasteiger charge is -2.18. The summed E-state index contributed by atoms with van der Waals surface area (Å²) in [5.41, 5.74) is 0.924. The molecule has 0 radical (unpaired) electrons. The third-order valence-corrected chi connectivity index (χ3v) is 4.57. The van der Waals surface area contributed by atoms with Crippen molar-refractivity contribution in [2.75, 3.05) is 13.2 Å². The minimum absolute atomic E-state index is 0.0687. The van der Waals surface area contributed by atoms with Crippen molar-refractivity contribution in [2.45, 2.75) is 43.8 Å². The fourth-order valence-corrected chi connectivity index (χ4v) is 2.75. The topological polar surface area (TPSA) is 113 Å². The Kier molecular flexibility index (Phi) is 7.63. The number of aryl methyl sites for hydroxylation is 1. The van der Waals surface area contributed by atoms with Crippen molar-refractivity contribution in [1.29, 1.82) is 0 Å². The molecule has 1 aromatic rings. The van der Waals surface area contributed by atoms with Gasteiger partial charge in [0.2, 0.25) is 10.0 Å². The highest BCUT2D eigenvalue weighted by Crippen LogP contribution is 2.10. The summed E-state index contributed by atoms with van der Waals surface area (Å²) in [6.45, 7) is 2.88. The first-order valence-electron chi connectivity index (χ1n) is 7.34. The van der Waals surface area contributed by atoms with Crippen LogP contribution >= 0.6 is 0 Å². The van der Waals surface area contributed by atoms with Gasteiger partial charge in [-0.15, -0.1) is 0 Å². The Bertz CT molecular complexity index is 599. The highest BCUT2D eigenvalue weighted by atomic mass is 32.2. The van der Waals surface area contributed by atoms with Gasteiger partial charge in [-0.25, -0.2) is 13.1 Å². The number of esters is 1. The fraction of sp³-hybridized carbons (Fsp3) is 0.533. The van der Waals surface area contributed by atoms with Crippen LogP contribution in [0, 0.1) is 6.92 Å². The second-order valence-electron chi connectivity index (χ2n) is 5.23. The molecule has 0 amide bonds. The van der Waals surface area contributed by atoms with E-state index in [4.69, 9.17) is 4.74 Å². The van der Waals surface area contributed by atoms with E-state index in [0.717, 1.165) is 5.56 Å². The summed E-state index contributed by atoms with van der Waals surface area (Å²) in [5.74, 6) is -0.473. The Morgan fingerprint density at radius 2 is 1.83 bits per heavy atom. The summed E-state index contributed by atoms with van der Waals surface area (Å²) in [4.78, 5) is 11.2. The Balaban J connectivity index is 2.49. The Morgan fingerprint density at radius 3 is 2.39 bits per heavy atom. The number of nitrogens with one attached hydrogen (secondary N) is 1. The number of rotatable bonds is 9. The van der Waals surface area contributed by atoms with E-state index in [-0.39, 0.29) is 24.5 Å². The molecule has 0 aliphatic heterocycles. The van der Waals surface area contributed by atoms with Gasteiger partial charge in [0.25, 0.3) is 0 Å². The average molecular weight is 345 g/mol. The molecular formula is C15H23NO6S. The maximum Gasteiger partial charge on any atom is 0.305 e. The second-order valence-corrected chi connectivity index (χ2v) is 7.00. The zero-order chi connectivity index (χ0) is 17.5. The number of benzene rings is 1. The first kappa shape index (κ1) is 19.6. The van der Waals surface area contributed by atoms with Gasteiger partial charge in [0.1, 0.15) is 12.7 Å². The van der Waals surface area contributed by atoms with Crippen molar-refractivity contribution in [3.05, 3.63) is 29.8 Å². The second kappa shape index (κ2) is 8.97. The monoisotopic (exact) mass is 345 g/mol. The number of sulfonamides is 1. The lowest BCUT2D eigenvalue weighted by Crippen LogP contribution is -2.41. The normalized spacial score (nSPS) is 14.3. The molecule has 0 bridgehead atoms. The third-order valence-electron chi connectivity index (χ3n) is 3.13. The highest BCUT2D eigenvalue weighted by molar-refractivity contribution is 7.89. The van der Waals surface area contributed by atoms with Gasteiger partial charge in [-0.1, -0.05) is 24.6 Å². The van der Waals surface area contributed by atoms with Gasteiger partial charge in [-0.2, -0.15) is 0 Å². The smallest absolute Gasteiger partial charge is 0.305 e. The van der Waals surface area contributed by atoms with Gasteiger partial charge in [0.15, 0.2) is 0 Å². The van der Waals surface area contributed by atoms with Crippen LogP contribution in [-0.2, 0) is 19.6 Å². The number of aliphatic hydroxyl groups is 2. The van der Waals surface area contributed by atoms with E-state index in [1.165, 1.54) is 12.1 Å². The van der Waals surface area contributed by atoms with Gasteiger partial charge in [0.05, 0.1) is 11.0 Å². The first-order chi connectivity index (χ1) is 10.8. The molecule has 0 saturated carbocycles. The molecule has 0 fully saturated rings. The molecule has 0 aliphatic carbocycles. The predicted molar refractivity (Wildman–Crippen MR) is 84.2 cm³/mol. The molecule has 0 aromatic heterocycles. The first-order valence-corrected chi connectivity index (χ1v) is 8.82. The van der Waals surface area contributed by atoms with E-state index in [2.05, 4.69) is 4.72 Å². The zero-order valence-corrected chi connectivity index (χ0v) is 14.0. The van der Waals surface area contributed by atoms with Crippen molar-refractivity contribution in [3.8, 4) is 0 Å². The van der Waals surface area contributed by atoms with Crippen LogP contribution in [0.1, 0.15) is 25.3 Å². The summed E-state index contributed by atoms with van der Waals surface area (Å²) in [5, 5.41) is 19.4. The molecule has 23 heavy (non-hydrogen) atoms. The van der Waals surface area contributed by atoms with Crippen molar-refractivity contribution in [3.63, 3.8) is 0 Å². The van der Waals surface area contributed by atoms with E-state index < -0.39 is 28.2 Å². The van der Waals surface area contributed by atoms with E-state index in [1.807, 2.05) is 13.8 Å². The van der Waals surface area contributed by atoms with Gasteiger partial charge >= 0.3 is 5.97 Å². The molecule has 0 aliphatic rings. The van der Waals surface area contributed by atoms with Crippen molar-refractivity contribution < 1.29 is 28.2 Å². The van der Waals surface area contributed by atoms with E-state index in [0.29, 0.717) is 6.42 Å². The largest absolute Gasteiger partial charge is 0.463 e. The molecular weight excluding hydrogens is 322 g/mol. The number of hydrogen-bond donors (Lipinski definition) is 3. The minimum Gasteiger partial charge on any atom is -0.463 e. The summed E-state index contributed by atoms with van der Waals surface area (Å²) in [6.07, 6.45) is -1.90. The van der Waals surface area contributed by atoms with Crippen molar-refractivity contribution in [2.24, 2.45) is 0 Å². The van der Waals surface area contributed by atoms with Crippen LogP contribution in [0.4, 0.5) is 0 Å². The maximum atomic E-state index is 12.0. The third kappa shape index (κ3) is 6.66. The van der Waals surface area contributed by atoms with E-state index in [1.54, 1.807) is 12.1 Å². The molecule has 8 heteroatoms. The molecule has 0 heterocycles. The standard InChI is InChI=1S/C15H23NO6S/c1-3-4-15(19)22-10-14(18)13(17)9-16-23(20,21)12-7-5-11(2)6-8-12/h5-8,13-14,16-18H,3-4,9-10H2,1-2H3. The van der Waals surface area contributed by atoms with Crippen LogP contribution in [0.25, 0.3) is 0 Å². The summed E-state index contributed by atoms with van der Waals surface area (Å²) >= 11 is 0. The van der Waals surface area contributed by atoms with Gasteiger partial charge < -0.3 is 14.9 Å². The van der Waals surface area contributed by atoms with Crippen LogP contribution in [0.5, 0.6) is 0 Å². The zero-order valence-electron chi connectivity index (χ0n) is 13.2. The molecule has 3 N–H and O–H groups in total. The molecule has 1 rings (SSSR count). The quantitative estimate of drug-likeness (QED) is 0.556. The molecule has 0 spiro atoms. The SMILES string of the molecule is CCCC(=O)OCC(O)C(O)CNS(=O)(=O)c1ccc(C)cc1. The van der Waals surface area contributed by atoms with Gasteiger partial charge in [-0.3, -0.25) is 4.79 Å². The molecule has 2 unspecified atom stereocenters. The summed E-state index contributed by atoms with van der Waals surface area (Å²) in [6, 6.07) is 6.22. The van der Waals surface area contributed by atoms with Crippen LogP contribution < -0.4 is 4.72 Å². The molecule has 130 valence electrons. The lowest BCUT2D eigenvalue weighted by atomic mass is 10.2. The van der Waals surface area contributed by atoms with Crippen LogP contribution in [0.2, 0.25) is 0 Å². The number of hydrogen-bond acceptors (Lipinski definition) is 6. The minimum atomic E-state index is -3.77. The fourth-order valence-electron chi connectivity index (χ4n) is 1.70. The van der Waals surface area contributed by atoms with Crippen molar-refractivity contribution >= 4 is 16.0 Å². The predicted octanol–water partition coefficient (Wildman–Crippen LogP) is 0.338. The van der Waals surface area contributed by atoms with Crippen molar-refractivity contribution in [1.82, 2.24) is 4.72 Å². The Labute approximate surface area is 136 Å². The highest BCUT2D eigenvalue weighted by Gasteiger charge is 2.21. The maximum absolute atomic E-state index is 12.0. The van der Waals surface area contributed by atoms with Gasteiger partial charge in [-0.05, 0) is 25.5 Å². The molecule has 2 atom stereocenters. The van der Waals surface area contributed by atoms with Crippen LogP contribution in [0.15, 0.2) is 29.2 Å². The number of carbonyl (C=O) groups excluding carboxylic acids is 1. The van der Waals surface area contributed by atoms with Gasteiger partial charge in [0, 0.05) is 13.0 Å². The Morgan fingerprint density at radius 1 is 1.22 bits per heavy atom. The summed E-state index contributed by atoms with van der Waals surface area (Å²) in [7, 11) is -3.77. The lowest BCUT2D eigenvalue weighted by molar-refractivity contribution is -0.148. The number of ether oxygens (including phenoxy) is 1. The number of carbonyl (C=O) groups is 1. The molecule has 1 aromatic carbocycles. The van der Waals surface area contributed by atoms with E-state index >= 15 is 0 Å². The van der Waals surface area contributed by atoms with E-state index in [9.17, 15) is 23.4 Å².